The number of imidazole rings is 1. The van der Waals surface area contributed by atoms with Crippen molar-refractivity contribution >= 4 is 50.3 Å². The molecule has 23 heavy (non-hydrogen) atoms. The lowest BCUT2D eigenvalue weighted by Gasteiger charge is -2.03. The predicted octanol–water partition coefficient (Wildman–Crippen LogP) is 3.93. The van der Waals surface area contributed by atoms with Crippen LogP contribution in [0.15, 0.2) is 52.1 Å². The highest BCUT2D eigenvalue weighted by Gasteiger charge is 2.08. The van der Waals surface area contributed by atoms with Crippen LogP contribution >= 0.6 is 27.7 Å². The number of hydrogen-bond donors (Lipinski definition) is 2. The summed E-state index contributed by atoms with van der Waals surface area (Å²) in [5, 5.41) is 12.2. The normalized spacial score (nSPS) is 10.4. The van der Waals surface area contributed by atoms with Crippen LogP contribution in [0, 0.1) is 11.3 Å². The van der Waals surface area contributed by atoms with Gasteiger partial charge in [-0.05, 0) is 42.5 Å². The number of halogens is 1. The van der Waals surface area contributed by atoms with Crippen molar-refractivity contribution in [3.8, 4) is 6.07 Å². The number of carbonyl (C=O) groups is 1. The Balaban J connectivity index is 1.60. The fourth-order valence-electron chi connectivity index (χ4n) is 1.99. The van der Waals surface area contributed by atoms with Crippen LogP contribution in [0.4, 0.5) is 5.69 Å². The summed E-state index contributed by atoms with van der Waals surface area (Å²) in [6, 6.07) is 14.6. The van der Waals surface area contributed by atoms with E-state index in [2.05, 4.69) is 31.2 Å². The number of aromatic nitrogens is 2. The first-order chi connectivity index (χ1) is 11.1. The second kappa shape index (κ2) is 6.86. The largest absolute Gasteiger partial charge is 0.333 e. The fraction of sp³-hybridized carbons (Fsp3) is 0.0625. The van der Waals surface area contributed by atoms with E-state index in [4.69, 9.17) is 5.26 Å². The van der Waals surface area contributed by atoms with Crippen LogP contribution in [0.1, 0.15) is 5.56 Å². The maximum Gasteiger partial charge on any atom is 0.234 e. The number of thioether (sulfide) groups is 1. The lowest BCUT2D eigenvalue weighted by atomic mass is 10.2. The number of rotatable bonds is 4. The number of nitrogens with one attached hydrogen (secondary N) is 2. The number of fused-ring (bicyclic) bond motifs is 1. The highest BCUT2D eigenvalue weighted by molar-refractivity contribution is 9.10. The van der Waals surface area contributed by atoms with Gasteiger partial charge in [0.15, 0.2) is 5.16 Å². The molecule has 1 aromatic heterocycles. The highest BCUT2D eigenvalue weighted by atomic mass is 79.9. The Morgan fingerprint density at radius 2 is 2.09 bits per heavy atom. The molecule has 0 radical (unpaired) electrons. The van der Waals surface area contributed by atoms with E-state index in [1.54, 1.807) is 24.3 Å². The number of anilines is 1. The first-order valence-corrected chi connectivity index (χ1v) is 8.50. The molecular formula is C16H11BrN4OS. The second-order valence-electron chi connectivity index (χ2n) is 4.73. The quantitative estimate of drug-likeness (QED) is 0.665. The molecule has 0 saturated heterocycles. The van der Waals surface area contributed by atoms with Crippen LogP contribution in [0.25, 0.3) is 11.0 Å². The molecule has 0 unspecified atom stereocenters. The van der Waals surface area contributed by atoms with E-state index >= 15 is 0 Å². The summed E-state index contributed by atoms with van der Waals surface area (Å²) in [6.07, 6.45) is 0. The van der Waals surface area contributed by atoms with Gasteiger partial charge in [-0.15, -0.1) is 0 Å². The number of benzene rings is 2. The molecule has 3 rings (SSSR count). The predicted molar refractivity (Wildman–Crippen MR) is 94.3 cm³/mol. The molecule has 1 heterocycles. The molecule has 2 N–H and O–H groups in total. The molecular weight excluding hydrogens is 376 g/mol. The fourth-order valence-corrected chi connectivity index (χ4v) is 3.03. The first-order valence-electron chi connectivity index (χ1n) is 6.72. The van der Waals surface area contributed by atoms with E-state index in [1.807, 2.05) is 24.3 Å². The molecule has 0 aliphatic heterocycles. The van der Waals surface area contributed by atoms with Gasteiger partial charge in [0.25, 0.3) is 0 Å². The van der Waals surface area contributed by atoms with Gasteiger partial charge in [0.05, 0.1) is 28.4 Å². The van der Waals surface area contributed by atoms with Crippen molar-refractivity contribution in [2.24, 2.45) is 0 Å². The molecule has 1 amide bonds. The van der Waals surface area contributed by atoms with Crippen molar-refractivity contribution in [3.63, 3.8) is 0 Å². The molecule has 114 valence electrons. The van der Waals surface area contributed by atoms with Crippen molar-refractivity contribution in [1.29, 1.82) is 5.26 Å². The number of nitrogens with zero attached hydrogens (tertiary/aromatic N) is 2. The second-order valence-corrected chi connectivity index (χ2v) is 6.61. The Hall–Kier alpha value is -2.30. The Bertz CT molecular complexity index is 899. The van der Waals surface area contributed by atoms with Gasteiger partial charge in [0.1, 0.15) is 0 Å². The number of H-pyrrole nitrogens is 1. The third kappa shape index (κ3) is 3.92. The number of carbonyl (C=O) groups excluding carboxylic acids is 1. The topological polar surface area (TPSA) is 81.6 Å². The molecule has 0 fully saturated rings. The van der Waals surface area contributed by atoms with Crippen LogP contribution in [0.5, 0.6) is 0 Å². The van der Waals surface area contributed by atoms with Crippen LogP contribution in [-0.2, 0) is 4.79 Å². The number of amides is 1. The van der Waals surface area contributed by atoms with Crippen LogP contribution in [0.2, 0.25) is 0 Å². The van der Waals surface area contributed by atoms with Gasteiger partial charge in [-0.2, -0.15) is 5.26 Å². The van der Waals surface area contributed by atoms with Gasteiger partial charge in [-0.1, -0.05) is 27.7 Å². The van der Waals surface area contributed by atoms with Crippen molar-refractivity contribution in [2.45, 2.75) is 5.16 Å². The minimum Gasteiger partial charge on any atom is -0.333 e. The summed E-state index contributed by atoms with van der Waals surface area (Å²) in [5.41, 5.74) is 3.02. The van der Waals surface area contributed by atoms with Crippen LogP contribution in [0.3, 0.4) is 0 Å². The molecule has 5 nitrogen and oxygen atoms in total. The zero-order valence-electron chi connectivity index (χ0n) is 11.8. The van der Waals surface area contributed by atoms with E-state index in [0.29, 0.717) is 16.4 Å². The molecule has 0 aliphatic carbocycles. The van der Waals surface area contributed by atoms with E-state index in [1.165, 1.54) is 11.8 Å². The third-order valence-corrected chi connectivity index (χ3v) is 4.43. The minimum atomic E-state index is -0.124. The molecule has 7 heteroatoms. The van der Waals surface area contributed by atoms with Gasteiger partial charge >= 0.3 is 0 Å². The monoisotopic (exact) mass is 386 g/mol. The number of hydrogen-bond acceptors (Lipinski definition) is 4. The zero-order valence-corrected chi connectivity index (χ0v) is 14.2. The minimum absolute atomic E-state index is 0.124. The zero-order chi connectivity index (χ0) is 16.2. The molecule has 0 bridgehead atoms. The van der Waals surface area contributed by atoms with Gasteiger partial charge in [-0.25, -0.2) is 4.98 Å². The summed E-state index contributed by atoms with van der Waals surface area (Å²) in [4.78, 5) is 19.6. The molecule has 0 atom stereocenters. The van der Waals surface area contributed by atoms with Crippen molar-refractivity contribution < 1.29 is 4.79 Å². The van der Waals surface area contributed by atoms with Gasteiger partial charge < -0.3 is 10.3 Å². The van der Waals surface area contributed by atoms with Gasteiger partial charge in [0.2, 0.25) is 5.91 Å². The Morgan fingerprint density at radius 3 is 2.83 bits per heavy atom. The average Bonchev–Trinajstić information content (AvgIpc) is 2.95. The van der Waals surface area contributed by atoms with Crippen molar-refractivity contribution in [2.75, 3.05) is 11.1 Å². The SMILES string of the molecule is N#Cc1ccc(NC(=O)CSc2nc3ccc(Br)cc3[nH]2)cc1. The van der Waals surface area contributed by atoms with Gasteiger partial charge in [0, 0.05) is 10.2 Å². The van der Waals surface area contributed by atoms with E-state index in [9.17, 15) is 4.79 Å². The maximum atomic E-state index is 12.0. The van der Waals surface area contributed by atoms with E-state index in [-0.39, 0.29) is 11.7 Å². The van der Waals surface area contributed by atoms with Crippen molar-refractivity contribution in [1.82, 2.24) is 9.97 Å². The highest BCUT2D eigenvalue weighted by Crippen LogP contribution is 2.22. The number of aromatic amines is 1. The van der Waals surface area contributed by atoms with Crippen LogP contribution < -0.4 is 5.32 Å². The van der Waals surface area contributed by atoms with Gasteiger partial charge in [-0.3, -0.25) is 4.79 Å². The standard InChI is InChI=1S/C16H11BrN4OS/c17-11-3-6-13-14(7-11)21-16(20-13)23-9-15(22)19-12-4-1-10(8-18)2-5-12/h1-7H,9H2,(H,19,22)(H,20,21). The average molecular weight is 387 g/mol. The first kappa shape index (κ1) is 15.6. The third-order valence-electron chi connectivity index (χ3n) is 3.06. The lowest BCUT2D eigenvalue weighted by Crippen LogP contribution is -2.14. The molecule has 3 aromatic rings. The Labute approximate surface area is 145 Å². The molecule has 2 aromatic carbocycles. The summed E-state index contributed by atoms with van der Waals surface area (Å²) in [5.74, 6) is 0.127. The summed E-state index contributed by atoms with van der Waals surface area (Å²) >= 11 is 4.75. The van der Waals surface area contributed by atoms with Crippen LogP contribution in [-0.4, -0.2) is 21.6 Å². The molecule has 0 saturated carbocycles. The number of nitriles is 1. The van der Waals surface area contributed by atoms with Crippen molar-refractivity contribution in [3.05, 3.63) is 52.5 Å². The molecule has 0 aliphatic rings. The van der Waals surface area contributed by atoms with E-state index in [0.717, 1.165) is 15.5 Å². The van der Waals surface area contributed by atoms with E-state index < -0.39 is 0 Å². The lowest BCUT2D eigenvalue weighted by molar-refractivity contribution is -0.113. The molecule has 0 spiro atoms. The summed E-state index contributed by atoms with van der Waals surface area (Å²) < 4.78 is 0.976. The maximum absolute atomic E-state index is 12.0. The summed E-state index contributed by atoms with van der Waals surface area (Å²) in [6.45, 7) is 0. The summed E-state index contributed by atoms with van der Waals surface area (Å²) in [7, 11) is 0. The smallest absolute Gasteiger partial charge is 0.234 e. The Kier molecular flexibility index (Phi) is 4.65. The Morgan fingerprint density at radius 1 is 1.30 bits per heavy atom.